The first-order valence-corrected chi connectivity index (χ1v) is 8.34. The molecule has 6 nitrogen and oxygen atoms in total. The van der Waals surface area contributed by atoms with Gasteiger partial charge in [-0.15, -0.1) is 0 Å². The van der Waals surface area contributed by atoms with Crippen molar-refractivity contribution >= 4 is 17.7 Å². The summed E-state index contributed by atoms with van der Waals surface area (Å²) in [6.07, 6.45) is 1.79. The van der Waals surface area contributed by atoms with Crippen LogP contribution in [0.2, 0.25) is 0 Å². The zero-order chi connectivity index (χ0) is 18.3. The maximum absolute atomic E-state index is 12.9. The topological polar surface area (TPSA) is 60.0 Å². The van der Waals surface area contributed by atoms with Gasteiger partial charge in [0.25, 0.3) is 5.91 Å². The Kier molecular flexibility index (Phi) is 3.95. The lowest BCUT2D eigenvalue weighted by Crippen LogP contribution is -2.48. The van der Waals surface area contributed by atoms with Gasteiger partial charge in [-0.2, -0.15) is 0 Å². The predicted molar refractivity (Wildman–Crippen MR) is 99.0 cm³/mol. The smallest absolute Gasteiger partial charge is 0.257 e. The molecule has 0 bridgehead atoms. The molecule has 0 fully saturated rings. The van der Waals surface area contributed by atoms with Crippen LogP contribution in [-0.2, 0) is 0 Å². The molecule has 1 N–H and O–H groups in total. The molecule has 0 radical (unpaired) electrons. The number of rotatable bonds is 3. The number of carbonyl (C=O) groups is 1. The van der Waals surface area contributed by atoms with Crippen molar-refractivity contribution in [2.75, 3.05) is 33.2 Å². The number of hydrogen-bond donors (Lipinski definition) is 1. The van der Waals surface area contributed by atoms with Crippen molar-refractivity contribution in [1.82, 2.24) is 4.90 Å². The van der Waals surface area contributed by atoms with Gasteiger partial charge in [0.15, 0.2) is 11.5 Å². The summed E-state index contributed by atoms with van der Waals surface area (Å²) in [7, 11) is 4.91. The summed E-state index contributed by atoms with van der Waals surface area (Å²) < 4.78 is 16.5. The minimum Gasteiger partial charge on any atom is -0.493 e. The number of ether oxygens (including phenoxy) is 3. The van der Waals surface area contributed by atoms with Crippen molar-refractivity contribution < 1.29 is 19.0 Å². The second-order valence-corrected chi connectivity index (χ2v) is 6.26. The maximum Gasteiger partial charge on any atom is 0.257 e. The average Bonchev–Trinajstić information content (AvgIpc) is 2.69. The number of fused-ring (bicyclic) bond motifs is 2. The second-order valence-electron chi connectivity index (χ2n) is 6.26. The molecule has 2 aliphatic heterocycles. The molecular formula is C20H20N2O4. The molecule has 2 aromatic carbocycles. The third-order valence-corrected chi connectivity index (χ3v) is 4.76. The van der Waals surface area contributed by atoms with Gasteiger partial charge in [0.1, 0.15) is 18.5 Å². The molecule has 0 saturated heterocycles. The molecule has 134 valence electrons. The number of para-hydroxylation sites is 1. The molecule has 0 spiro atoms. The SMILES string of the molecule is COc1cc2c(cc1OC)C(=O)N(C)[C@@H](C1=Cc3ccccc3OC1)N2. The first-order chi connectivity index (χ1) is 12.6. The molecule has 4 rings (SSSR count). The number of nitrogens with one attached hydrogen (secondary N) is 1. The molecule has 2 aliphatic rings. The Morgan fingerprint density at radius 2 is 1.88 bits per heavy atom. The normalized spacial score (nSPS) is 18.1. The molecule has 6 heteroatoms. The fourth-order valence-corrected chi connectivity index (χ4v) is 3.36. The lowest BCUT2D eigenvalue weighted by molar-refractivity contribution is 0.0751. The van der Waals surface area contributed by atoms with E-state index in [1.165, 1.54) is 0 Å². The van der Waals surface area contributed by atoms with Crippen molar-refractivity contribution in [2.45, 2.75) is 6.17 Å². The standard InChI is InChI=1S/C20H20N2O4/c1-22-19(13-8-12-6-4-5-7-16(12)26-11-13)21-15-10-18(25-3)17(24-2)9-14(15)20(22)23/h4-10,19,21H,11H2,1-3H3/t19-/m0/s1. The average molecular weight is 352 g/mol. The number of carbonyl (C=O) groups excluding carboxylic acids is 1. The molecule has 1 atom stereocenters. The third-order valence-electron chi connectivity index (χ3n) is 4.76. The van der Waals surface area contributed by atoms with Crippen molar-refractivity contribution in [1.29, 1.82) is 0 Å². The largest absolute Gasteiger partial charge is 0.493 e. The highest BCUT2D eigenvalue weighted by atomic mass is 16.5. The van der Waals surface area contributed by atoms with E-state index in [0.29, 0.717) is 23.7 Å². The minimum absolute atomic E-state index is 0.0792. The van der Waals surface area contributed by atoms with E-state index in [0.717, 1.165) is 22.6 Å². The number of benzene rings is 2. The highest BCUT2D eigenvalue weighted by Crippen LogP contribution is 2.38. The predicted octanol–water partition coefficient (Wildman–Crippen LogP) is 3.00. The van der Waals surface area contributed by atoms with Gasteiger partial charge in [-0.05, 0) is 18.2 Å². The summed E-state index contributed by atoms with van der Waals surface area (Å²) in [5.74, 6) is 1.88. The van der Waals surface area contributed by atoms with Gasteiger partial charge in [-0.1, -0.05) is 18.2 Å². The first kappa shape index (κ1) is 16.3. The maximum atomic E-state index is 12.9. The fourth-order valence-electron chi connectivity index (χ4n) is 3.36. The summed E-state index contributed by atoms with van der Waals surface area (Å²) in [6, 6.07) is 11.4. The van der Waals surface area contributed by atoms with Crippen molar-refractivity contribution in [3.63, 3.8) is 0 Å². The third kappa shape index (κ3) is 2.54. The highest BCUT2D eigenvalue weighted by molar-refractivity contribution is 6.03. The van der Waals surface area contributed by atoms with Crippen LogP contribution in [0.25, 0.3) is 6.08 Å². The first-order valence-electron chi connectivity index (χ1n) is 8.34. The molecule has 0 aromatic heterocycles. The van der Waals surface area contributed by atoms with Crippen LogP contribution in [0, 0.1) is 0 Å². The van der Waals surface area contributed by atoms with Gasteiger partial charge >= 0.3 is 0 Å². The molecular weight excluding hydrogens is 332 g/mol. The van der Waals surface area contributed by atoms with Crippen LogP contribution >= 0.6 is 0 Å². The number of likely N-dealkylation sites (N-methyl/N-ethyl adjacent to an activating group) is 1. The van der Waals surface area contributed by atoms with E-state index in [2.05, 4.69) is 11.4 Å². The van der Waals surface area contributed by atoms with E-state index >= 15 is 0 Å². The zero-order valence-corrected chi connectivity index (χ0v) is 14.9. The Bertz CT molecular complexity index is 907. The highest BCUT2D eigenvalue weighted by Gasteiger charge is 2.34. The monoisotopic (exact) mass is 352 g/mol. The Morgan fingerprint density at radius 1 is 1.15 bits per heavy atom. The van der Waals surface area contributed by atoms with Crippen LogP contribution in [0.5, 0.6) is 17.2 Å². The minimum atomic E-state index is -0.290. The fraction of sp³-hybridized carbons (Fsp3) is 0.250. The summed E-state index contributed by atoms with van der Waals surface area (Å²) >= 11 is 0. The lowest BCUT2D eigenvalue weighted by Gasteiger charge is -2.38. The Balaban J connectivity index is 1.73. The molecule has 0 saturated carbocycles. The number of hydrogen-bond acceptors (Lipinski definition) is 5. The van der Waals surface area contributed by atoms with Crippen LogP contribution in [-0.4, -0.2) is 44.8 Å². The number of methoxy groups -OCH3 is 2. The number of anilines is 1. The summed E-state index contributed by atoms with van der Waals surface area (Å²) in [6.45, 7) is 0.426. The number of nitrogens with zero attached hydrogens (tertiary/aromatic N) is 1. The molecule has 26 heavy (non-hydrogen) atoms. The summed E-state index contributed by atoms with van der Waals surface area (Å²) in [5, 5.41) is 3.42. The van der Waals surface area contributed by atoms with Gasteiger partial charge in [0.05, 0.1) is 25.5 Å². The van der Waals surface area contributed by atoms with E-state index in [9.17, 15) is 4.79 Å². The molecule has 1 amide bonds. The molecule has 2 heterocycles. The second kappa shape index (κ2) is 6.29. The van der Waals surface area contributed by atoms with Crippen LogP contribution in [0.1, 0.15) is 15.9 Å². The quantitative estimate of drug-likeness (QED) is 0.920. The van der Waals surface area contributed by atoms with Crippen LogP contribution in [0.4, 0.5) is 5.69 Å². The Hall–Kier alpha value is -3.15. The van der Waals surface area contributed by atoms with Gasteiger partial charge in [-0.25, -0.2) is 0 Å². The van der Waals surface area contributed by atoms with Crippen molar-refractivity contribution in [3.8, 4) is 17.2 Å². The van der Waals surface area contributed by atoms with E-state index < -0.39 is 0 Å². The molecule has 2 aromatic rings. The number of amides is 1. The lowest BCUT2D eigenvalue weighted by atomic mass is 10.0. The van der Waals surface area contributed by atoms with Gasteiger partial charge < -0.3 is 24.4 Å². The zero-order valence-electron chi connectivity index (χ0n) is 14.9. The van der Waals surface area contributed by atoms with Crippen LogP contribution < -0.4 is 19.5 Å². The van der Waals surface area contributed by atoms with E-state index in [-0.39, 0.29) is 12.1 Å². The van der Waals surface area contributed by atoms with E-state index in [1.54, 1.807) is 38.3 Å². The van der Waals surface area contributed by atoms with Crippen LogP contribution in [0.15, 0.2) is 42.0 Å². The van der Waals surface area contributed by atoms with E-state index in [4.69, 9.17) is 14.2 Å². The summed E-state index contributed by atoms with van der Waals surface area (Å²) in [4.78, 5) is 14.6. The van der Waals surface area contributed by atoms with Crippen molar-refractivity contribution in [2.24, 2.45) is 0 Å². The van der Waals surface area contributed by atoms with Crippen molar-refractivity contribution in [3.05, 3.63) is 53.1 Å². The summed E-state index contributed by atoms with van der Waals surface area (Å²) in [5.41, 5.74) is 3.27. The van der Waals surface area contributed by atoms with E-state index in [1.807, 2.05) is 24.3 Å². The molecule has 0 unspecified atom stereocenters. The Labute approximate surface area is 152 Å². The van der Waals surface area contributed by atoms with Gasteiger partial charge in [-0.3, -0.25) is 4.79 Å². The Morgan fingerprint density at radius 3 is 2.65 bits per heavy atom. The van der Waals surface area contributed by atoms with Gasteiger partial charge in [0.2, 0.25) is 0 Å². The van der Waals surface area contributed by atoms with Gasteiger partial charge in [0, 0.05) is 24.3 Å². The molecule has 0 aliphatic carbocycles. The van der Waals surface area contributed by atoms with Crippen LogP contribution in [0.3, 0.4) is 0 Å².